The van der Waals surface area contributed by atoms with E-state index in [2.05, 4.69) is 112 Å². The molecule has 0 saturated heterocycles. The zero-order valence-electron chi connectivity index (χ0n) is 65.0. The molecule has 0 spiro atoms. The van der Waals surface area contributed by atoms with Crippen LogP contribution in [0.2, 0.25) is 0 Å². The number of anilines is 2. The van der Waals surface area contributed by atoms with E-state index in [0.717, 1.165) is 173 Å². The van der Waals surface area contributed by atoms with E-state index in [1.165, 1.54) is 32.4 Å². The van der Waals surface area contributed by atoms with Gasteiger partial charge in [0.15, 0.2) is 5.75 Å². The summed E-state index contributed by atoms with van der Waals surface area (Å²) >= 11 is 0. The summed E-state index contributed by atoms with van der Waals surface area (Å²) in [7, 11) is 0. The maximum atomic E-state index is 15.9. The summed E-state index contributed by atoms with van der Waals surface area (Å²) in [4.78, 5) is 124. The summed E-state index contributed by atoms with van der Waals surface area (Å²) in [5.41, 5.74) is 10.2. The highest BCUT2D eigenvalue weighted by molar-refractivity contribution is 6.46. The first-order valence-corrected chi connectivity index (χ1v) is 40.1. The third kappa shape index (κ3) is 10.3. The molecule has 112 heavy (non-hydrogen) atoms. The van der Waals surface area contributed by atoms with Crippen LogP contribution in [0.1, 0.15) is 251 Å². The molecule has 19 rings (SSSR count). The summed E-state index contributed by atoms with van der Waals surface area (Å²) in [6, 6.07) is 54.5. The zero-order chi connectivity index (χ0) is 77.6. The van der Waals surface area contributed by atoms with Crippen molar-refractivity contribution < 1.29 is 43.1 Å². The molecule has 8 amide bonds. The largest absolute Gasteiger partial charge is 0.454 e. The molecule has 0 radical (unpaired) electrons. The molecule has 0 fully saturated rings. The quantitative estimate of drug-likeness (QED) is 0.0353. The Morgan fingerprint density at radius 3 is 0.938 bits per heavy atom. The molecule has 556 valence electrons. The normalized spacial score (nSPS) is 15.4. The fraction of sp³-hybridized carbons (Fsp3) is 0.273. The molecule has 13 heteroatoms. The van der Waals surface area contributed by atoms with Crippen molar-refractivity contribution in [2.45, 2.75) is 163 Å². The number of carbonyl (C=O) groups is 8. The molecular formula is C99H86N4O9. The minimum Gasteiger partial charge on any atom is -0.454 e. The standard InChI is InChI=1S/C99H86N4O9/c1-11-13-15-17-19-21-47-100-89(104)67-39-31-59-63-35-43-71-85-72(44-36-64(81(63)85)60-32-40-68(90(100)105)83(67)79(59)60)94(109)102(93(71)108)58-29-27-54(28-30-58)53-23-25-55(26-24-53)75-49-56(97(3,4)5)50-76-87(75)112-88-77(99(76,9)10)51-57(98(6,7)8)52-78(88)103-95(110)73-45-37-65-61-33-41-69-84-70(92(107)101(91(69)106)48-22-20-18-16-14-12-2)42-34-62(80(61)84)66-38-46-74(96(103)111)86(73)82(65)66/h23-46,49-52H,11-22,47-48H2,1-10H3. The molecule has 14 aromatic carbocycles. The van der Waals surface area contributed by atoms with Crippen molar-refractivity contribution in [3.63, 3.8) is 0 Å². The number of fused-ring (bicyclic) bond motifs is 6. The van der Waals surface area contributed by atoms with Crippen molar-refractivity contribution in [2.75, 3.05) is 22.9 Å². The lowest BCUT2D eigenvalue weighted by atomic mass is 9.70. The SMILES string of the molecule is CCCCCCCCN1C(=O)c2ccc3c4ccc5c6c(ccc(c7ccc(c2c37)C1=O)c64)C(=O)N(c1ccc(-c2ccc(-c3cc(C(C)(C)C)cc4c3Oc3c(N6C(=O)c7ccc8c9ccc%10c%11c(ccc(c%12ccc(c7c8%12)C6=O)c%119)C(=O)N(CCCCCCCC)C%10=O)cc(C(C)(C)C)cc3C4(C)C)cc2)cc1)C5=O. The monoisotopic (exact) mass is 1470 g/mol. The Hall–Kier alpha value is -12.0. The van der Waals surface area contributed by atoms with Crippen molar-refractivity contribution in [1.29, 1.82) is 0 Å². The van der Waals surface area contributed by atoms with Gasteiger partial charge in [-0.25, -0.2) is 9.80 Å². The molecule has 0 N–H and O–H groups in total. The second kappa shape index (κ2) is 25.5. The van der Waals surface area contributed by atoms with Crippen LogP contribution in [-0.2, 0) is 16.2 Å². The molecule has 5 aliphatic heterocycles. The van der Waals surface area contributed by atoms with Gasteiger partial charge in [0.2, 0.25) is 0 Å². The van der Waals surface area contributed by atoms with Crippen LogP contribution in [0.3, 0.4) is 0 Å². The summed E-state index contributed by atoms with van der Waals surface area (Å²) in [6.45, 7) is 22.5. The molecule has 14 aromatic rings. The van der Waals surface area contributed by atoms with Gasteiger partial charge < -0.3 is 4.74 Å². The molecule has 13 nitrogen and oxygen atoms in total. The van der Waals surface area contributed by atoms with E-state index in [-0.39, 0.29) is 29.0 Å². The Balaban J connectivity index is 0.632. The Kier molecular flexibility index (Phi) is 16.1. The van der Waals surface area contributed by atoms with E-state index in [4.69, 9.17) is 4.74 Å². The summed E-state index contributed by atoms with van der Waals surface area (Å²) in [5.74, 6) is -1.94. The average molecular weight is 1480 g/mol. The second-order valence-corrected chi connectivity index (χ2v) is 34.4. The van der Waals surface area contributed by atoms with Crippen LogP contribution in [0, 0.1) is 0 Å². The Morgan fingerprint density at radius 1 is 0.295 bits per heavy atom. The van der Waals surface area contributed by atoms with E-state index in [1.54, 1.807) is 12.1 Å². The Labute approximate surface area is 649 Å². The number of ether oxygens (including phenoxy) is 1. The first kappa shape index (κ1) is 70.4. The molecule has 0 saturated carbocycles. The highest BCUT2D eigenvalue weighted by atomic mass is 16.5. The van der Waals surface area contributed by atoms with E-state index < -0.39 is 34.5 Å². The van der Waals surface area contributed by atoms with Crippen molar-refractivity contribution in [2.24, 2.45) is 0 Å². The van der Waals surface area contributed by atoms with Crippen LogP contribution in [0.4, 0.5) is 11.4 Å². The molecule has 5 heterocycles. The molecule has 5 aliphatic rings. The summed E-state index contributed by atoms with van der Waals surface area (Å²) in [5, 5.41) is 12.3. The predicted molar refractivity (Wildman–Crippen MR) is 448 cm³/mol. The number of imide groups is 4. The third-order valence-electron chi connectivity index (χ3n) is 25.2. The zero-order valence-corrected chi connectivity index (χ0v) is 65.0. The van der Waals surface area contributed by atoms with E-state index in [9.17, 15) is 28.8 Å². The van der Waals surface area contributed by atoms with Crippen molar-refractivity contribution >= 4 is 145 Å². The number of benzene rings is 14. The molecule has 0 aliphatic carbocycles. The van der Waals surface area contributed by atoms with Crippen molar-refractivity contribution in [3.8, 4) is 33.8 Å². The number of carbonyl (C=O) groups excluding carboxylic acids is 8. The van der Waals surface area contributed by atoms with Crippen molar-refractivity contribution in [3.05, 3.63) is 237 Å². The van der Waals surface area contributed by atoms with Crippen LogP contribution in [0.15, 0.2) is 170 Å². The first-order chi connectivity index (χ1) is 53.9. The Morgan fingerprint density at radius 2 is 0.589 bits per heavy atom. The minimum atomic E-state index is -0.732. The van der Waals surface area contributed by atoms with Crippen LogP contribution in [0.25, 0.3) is 108 Å². The number of rotatable bonds is 18. The smallest absolute Gasteiger partial charge is 0.266 e. The number of amides is 8. The van der Waals surface area contributed by atoms with Gasteiger partial charge in [0, 0.05) is 101 Å². The van der Waals surface area contributed by atoms with Crippen molar-refractivity contribution in [1.82, 2.24) is 9.80 Å². The highest BCUT2D eigenvalue weighted by Crippen LogP contribution is 2.58. The molecule has 0 aromatic heterocycles. The number of hydrogen-bond donors (Lipinski definition) is 0. The number of hydrogen-bond acceptors (Lipinski definition) is 9. The van der Waals surface area contributed by atoms with Gasteiger partial charge >= 0.3 is 0 Å². The topological polar surface area (TPSA) is 159 Å². The summed E-state index contributed by atoms with van der Waals surface area (Å²) < 4.78 is 7.46. The third-order valence-corrected chi connectivity index (χ3v) is 25.2. The maximum Gasteiger partial charge on any atom is 0.266 e. The van der Waals surface area contributed by atoms with Gasteiger partial charge in [-0.1, -0.05) is 231 Å². The van der Waals surface area contributed by atoms with E-state index in [0.29, 0.717) is 102 Å². The highest BCUT2D eigenvalue weighted by Gasteiger charge is 2.46. The molecule has 0 atom stereocenters. The summed E-state index contributed by atoms with van der Waals surface area (Å²) in [6.07, 6.45) is 12.5. The second-order valence-electron chi connectivity index (χ2n) is 34.4. The fourth-order valence-electron chi connectivity index (χ4n) is 19.1. The lowest BCUT2D eigenvalue weighted by molar-refractivity contribution is 0.0592. The lowest BCUT2D eigenvalue weighted by Gasteiger charge is -2.40. The molecular weight excluding hydrogens is 1390 g/mol. The number of nitrogens with zero attached hydrogens (tertiary/aromatic N) is 4. The van der Waals surface area contributed by atoms with E-state index >= 15 is 9.59 Å². The average Bonchev–Trinajstić information content (AvgIpc) is 0.691. The van der Waals surface area contributed by atoms with Gasteiger partial charge in [-0.05, 0) is 189 Å². The van der Waals surface area contributed by atoms with Gasteiger partial charge in [0.05, 0.1) is 11.4 Å². The van der Waals surface area contributed by atoms with Gasteiger partial charge in [-0.15, -0.1) is 0 Å². The van der Waals surface area contributed by atoms with Gasteiger partial charge in [-0.3, -0.25) is 48.2 Å². The van der Waals surface area contributed by atoms with Crippen LogP contribution >= 0.6 is 0 Å². The number of unbranched alkanes of at least 4 members (excludes halogenated alkanes) is 10. The molecule has 0 bridgehead atoms. The fourth-order valence-corrected chi connectivity index (χ4v) is 19.1. The first-order valence-electron chi connectivity index (χ1n) is 40.1. The van der Waals surface area contributed by atoms with Crippen LogP contribution in [0.5, 0.6) is 11.5 Å². The lowest BCUT2D eigenvalue weighted by Crippen LogP contribution is -2.41. The van der Waals surface area contributed by atoms with Gasteiger partial charge in [-0.2, -0.15) is 0 Å². The maximum absolute atomic E-state index is 15.9. The predicted octanol–water partition coefficient (Wildman–Crippen LogP) is 23.7. The van der Waals surface area contributed by atoms with E-state index in [1.807, 2.05) is 115 Å². The van der Waals surface area contributed by atoms with Crippen LogP contribution < -0.4 is 14.5 Å². The minimum absolute atomic E-state index is 0.280. The van der Waals surface area contributed by atoms with Crippen LogP contribution in [-0.4, -0.2) is 70.1 Å². The van der Waals surface area contributed by atoms with Gasteiger partial charge in [0.1, 0.15) is 5.75 Å². The van der Waals surface area contributed by atoms with Gasteiger partial charge in [0.25, 0.3) is 47.3 Å². The molecule has 0 unspecified atom stereocenters. The Bertz CT molecular complexity index is 6320.